The molecular formula is C12H16N4O2. The first-order chi connectivity index (χ1) is 8.72. The number of hydrogen-bond acceptors (Lipinski definition) is 3. The van der Waals surface area contributed by atoms with Gasteiger partial charge in [-0.2, -0.15) is 0 Å². The molecule has 0 aromatic heterocycles. The molecule has 1 aromatic carbocycles. The van der Waals surface area contributed by atoms with Gasteiger partial charge in [-0.25, -0.2) is 0 Å². The molecule has 0 heterocycles. The van der Waals surface area contributed by atoms with E-state index in [1.54, 1.807) is 0 Å². The van der Waals surface area contributed by atoms with Crippen LogP contribution in [0.2, 0.25) is 0 Å². The number of carbonyl (C=O) groups excluding carboxylic acids is 1. The van der Waals surface area contributed by atoms with Crippen LogP contribution in [0, 0.1) is 6.92 Å². The van der Waals surface area contributed by atoms with Crippen molar-refractivity contribution < 1.29 is 9.53 Å². The highest BCUT2D eigenvalue weighted by Gasteiger charge is 2.01. The van der Waals surface area contributed by atoms with Gasteiger partial charge < -0.3 is 10.1 Å². The Labute approximate surface area is 106 Å². The van der Waals surface area contributed by atoms with E-state index >= 15 is 0 Å². The van der Waals surface area contributed by atoms with E-state index in [0.29, 0.717) is 13.2 Å². The molecule has 1 rings (SSSR count). The van der Waals surface area contributed by atoms with E-state index in [1.807, 2.05) is 31.2 Å². The third-order valence-electron chi connectivity index (χ3n) is 2.18. The molecule has 1 aromatic rings. The van der Waals surface area contributed by atoms with E-state index in [4.69, 9.17) is 10.3 Å². The fourth-order valence-corrected chi connectivity index (χ4v) is 1.35. The lowest BCUT2D eigenvalue weighted by Crippen LogP contribution is -2.27. The highest BCUT2D eigenvalue weighted by molar-refractivity contribution is 5.75. The summed E-state index contributed by atoms with van der Waals surface area (Å²) >= 11 is 0. The Bertz CT molecular complexity index is 441. The lowest BCUT2D eigenvalue weighted by atomic mass is 10.2. The molecule has 0 aliphatic carbocycles. The lowest BCUT2D eigenvalue weighted by Gasteiger charge is -2.07. The van der Waals surface area contributed by atoms with Gasteiger partial charge in [0.2, 0.25) is 5.91 Å². The highest BCUT2D eigenvalue weighted by atomic mass is 16.5. The smallest absolute Gasteiger partial charge is 0.223 e. The van der Waals surface area contributed by atoms with E-state index in [9.17, 15) is 4.79 Å². The Kier molecular flexibility index (Phi) is 6.14. The maximum absolute atomic E-state index is 11.3. The molecular weight excluding hydrogens is 232 g/mol. The van der Waals surface area contributed by atoms with Crippen LogP contribution in [-0.2, 0) is 4.79 Å². The maximum Gasteiger partial charge on any atom is 0.223 e. The summed E-state index contributed by atoms with van der Waals surface area (Å²) in [6.07, 6.45) is 0.282. The Morgan fingerprint density at radius 2 is 2.39 bits per heavy atom. The normalized spacial score (nSPS) is 9.39. The fraction of sp³-hybridized carbons (Fsp3) is 0.417. The number of ether oxygens (including phenoxy) is 1. The van der Waals surface area contributed by atoms with Crippen LogP contribution in [0.25, 0.3) is 10.4 Å². The molecule has 0 fully saturated rings. The zero-order valence-electron chi connectivity index (χ0n) is 10.3. The number of amides is 1. The monoisotopic (exact) mass is 248 g/mol. The van der Waals surface area contributed by atoms with Gasteiger partial charge in [0.15, 0.2) is 0 Å². The number of benzene rings is 1. The lowest BCUT2D eigenvalue weighted by molar-refractivity contribution is -0.121. The van der Waals surface area contributed by atoms with Crippen LogP contribution in [0.3, 0.4) is 0 Å². The number of aryl methyl sites for hydroxylation is 1. The van der Waals surface area contributed by atoms with Gasteiger partial charge in [-0.05, 0) is 30.2 Å². The third kappa shape index (κ3) is 5.77. The largest absolute Gasteiger partial charge is 0.493 e. The predicted octanol–water partition coefficient (Wildman–Crippen LogP) is 2.19. The van der Waals surface area contributed by atoms with Gasteiger partial charge in [0.05, 0.1) is 13.0 Å². The second kappa shape index (κ2) is 7.97. The van der Waals surface area contributed by atoms with E-state index in [1.165, 1.54) is 0 Å². The van der Waals surface area contributed by atoms with Gasteiger partial charge in [-0.15, -0.1) is 0 Å². The highest BCUT2D eigenvalue weighted by Crippen LogP contribution is 2.12. The van der Waals surface area contributed by atoms with Crippen LogP contribution >= 0.6 is 0 Å². The van der Waals surface area contributed by atoms with Crippen molar-refractivity contribution >= 4 is 5.91 Å². The molecule has 0 saturated carbocycles. The van der Waals surface area contributed by atoms with Crippen LogP contribution < -0.4 is 10.1 Å². The number of hydrogen-bond donors (Lipinski definition) is 1. The Hall–Kier alpha value is -2.20. The molecule has 0 spiro atoms. The molecule has 6 heteroatoms. The molecule has 1 N–H and O–H groups in total. The summed E-state index contributed by atoms with van der Waals surface area (Å²) in [5.74, 6) is 0.646. The summed E-state index contributed by atoms with van der Waals surface area (Å²) in [4.78, 5) is 13.9. The van der Waals surface area contributed by atoms with Gasteiger partial charge in [0.25, 0.3) is 0 Å². The molecule has 0 bridgehead atoms. The van der Waals surface area contributed by atoms with Crippen molar-refractivity contribution in [3.63, 3.8) is 0 Å². The van der Waals surface area contributed by atoms with Crippen molar-refractivity contribution in [3.8, 4) is 5.75 Å². The van der Waals surface area contributed by atoms with Crippen LogP contribution in [0.15, 0.2) is 29.4 Å². The summed E-state index contributed by atoms with van der Waals surface area (Å²) in [5, 5.41) is 5.95. The van der Waals surface area contributed by atoms with Crippen molar-refractivity contribution in [1.82, 2.24) is 5.32 Å². The maximum atomic E-state index is 11.3. The number of rotatable bonds is 7. The number of nitrogens with zero attached hydrogens (tertiary/aromatic N) is 3. The molecule has 6 nitrogen and oxygen atoms in total. The minimum Gasteiger partial charge on any atom is -0.493 e. The van der Waals surface area contributed by atoms with Crippen LogP contribution in [0.5, 0.6) is 5.75 Å². The zero-order valence-corrected chi connectivity index (χ0v) is 10.3. The standard InChI is InChI=1S/C12H16N4O2/c1-10-3-2-4-11(9-10)18-8-5-12(17)14-6-7-15-16-13/h2-4,9H,5-8H2,1H3,(H,14,17). The first kappa shape index (κ1) is 13.9. The molecule has 0 saturated heterocycles. The fourth-order valence-electron chi connectivity index (χ4n) is 1.35. The molecule has 0 aliphatic heterocycles. The summed E-state index contributed by atoms with van der Waals surface area (Å²) < 4.78 is 5.44. The van der Waals surface area contributed by atoms with Gasteiger partial charge >= 0.3 is 0 Å². The Balaban J connectivity index is 2.17. The molecule has 0 atom stereocenters. The Morgan fingerprint density at radius 3 is 3.11 bits per heavy atom. The van der Waals surface area contributed by atoms with Crippen LogP contribution in [0.1, 0.15) is 12.0 Å². The number of carbonyl (C=O) groups is 1. The van der Waals surface area contributed by atoms with E-state index in [-0.39, 0.29) is 18.9 Å². The molecule has 0 aliphatic rings. The SMILES string of the molecule is Cc1cccc(OCCC(=O)NCCN=[N+]=[N-])c1. The molecule has 0 unspecified atom stereocenters. The molecule has 96 valence electrons. The Morgan fingerprint density at radius 1 is 1.56 bits per heavy atom. The quantitative estimate of drug-likeness (QED) is 0.347. The average molecular weight is 248 g/mol. The predicted molar refractivity (Wildman–Crippen MR) is 68.3 cm³/mol. The molecule has 1 amide bonds. The minimum atomic E-state index is -0.115. The van der Waals surface area contributed by atoms with Gasteiger partial charge in [0, 0.05) is 18.0 Å². The second-order valence-corrected chi connectivity index (χ2v) is 3.72. The van der Waals surface area contributed by atoms with E-state index in [2.05, 4.69) is 15.3 Å². The van der Waals surface area contributed by atoms with Crippen LogP contribution in [-0.4, -0.2) is 25.6 Å². The first-order valence-electron chi connectivity index (χ1n) is 5.69. The molecule has 18 heavy (non-hydrogen) atoms. The second-order valence-electron chi connectivity index (χ2n) is 3.72. The van der Waals surface area contributed by atoms with Gasteiger partial charge in [-0.1, -0.05) is 17.2 Å². The average Bonchev–Trinajstić information content (AvgIpc) is 2.35. The van der Waals surface area contributed by atoms with E-state index in [0.717, 1.165) is 11.3 Å². The van der Waals surface area contributed by atoms with Gasteiger partial charge in [0.1, 0.15) is 5.75 Å². The topological polar surface area (TPSA) is 87.1 Å². The summed E-state index contributed by atoms with van der Waals surface area (Å²) in [5.41, 5.74) is 9.16. The number of nitrogens with one attached hydrogen (secondary N) is 1. The summed E-state index contributed by atoms with van der Waals surface area (Å²) in [7, 11) is 0. The minimum absolute atomic E-state index is 0.115. The van der Waals surface area contributed by atoms with Crippen LogP contribution in [0.4, 0.5) is 0 Å². The third-order valence-corrected chi connectivity index (χ3v) is 2.18. The van der Waals surface area contributed by atoms with Crippen molar-refractivity contribution in [1.29, 1.82) is 0 Å². The van der Waals surface area contributed by atoms with Crippen molar-refractivity contribution in [2.24, 2.45) is 5.11 Å². The zero-order chi connectivity index (χ0) is 13.2. The first-order valence-corrected chi connectivity index (χ1v) is 5.69. The van der Waals surface area contributed by atoms with Crippen molar-refractivity contribution in [3.05, 3.63) is 40.3 Å². The number of azide groups is 1. The molecule has 0 radical (unpaired) electrons. The summed E-state index contributed by atoms with van der Waals surface area (Å²) in [6, 6.07) is 7.66. The van der Waals surface area contributed by atoms with E-state index < -0.39 is 0 Å². The van der Waals surface area contributed by atoms with Gasteiger partial charge in [-0.3, -0.25) is 4.79 Å². The summed E-state index contributed by atoms with van der Waals surface area (Å²) in [6.45, 7) is 2.93. The van der Waals surface area contributed by atoms with Crippen molar-refractivity contribution in [2.45, 2.75) is 13.3 Å². The van der Waals surface area contributed by atoms with Crippen molar-refractivity contribution in [2.75, 3.05) is 19.7 Å².